The van der Waals surface area contributed by atoms with E-state index in [9.17, 15) is 15.1 Å². The molecule has 2 aromatic rings. The molecule has 0 aliphatic carbocycles. The topological polar surface area (TPSA) is 178 Å². The van der Waals surface area contributed by atoms with E-state index >= 15 is 0 Å². The van der Waals surface area contributed by atoms with Gasteiger partial charge in [0.05, 0.1) is 6.33 Å². The van der Waals surface area contributed by atoms with Crippen molar-refractivity contribution in [1.29, 1.82) is 0 Å². The summed E-state index contributed by atoms with van der Waals surface area (Å²) in [5, 5.41) is 29.5. The molecule has 2 aromatic heterocycles. The van der Waals surface area contributed by atoms with Gasteiger partial charge in [-0.2, -0.15) is 9.56 Å². The zero-order valence-corrected chi connectivity index (χ0v) is 13.3. The Kier molecular flexibility index (Phi) is 4.64. The molecule has 1 fully saturated rings. The first kappa shape index (κ1) is 17.3. The Bertz CT molecular complexity index is 728. The average molecular weight is 361 g/mol. The molecule has 13 heteroatoms. The molecular weight excluding hydrogens is 345 g/mol. The number of fused-ring (bicyclic) bond motifs is 1. The number of nitrogen functional groups attached to an aromatic ring is 1. The maximum atomic E-state index is 10.6. The van der Waals surface area contributed by atoms with E-state index in [4.69, 9.17) is 20.5 Å². The summed E-state index contributed by atoms with van der Waals surface area (Å²) in [5.74, 6) is 0.155. The summed E-state index contributed by atoms with van der Waals surface area (Å²) in [7, 11) is -2.23. The van der Waals surface area contributed by atoms with Crippen molar-refractivity contribution < 1.29 is 34.5 Å². The van der Waals surface area contributed by atoms with E-state index < -0.39 is 38.9 Å². The number of nitrogens with zero attached hydrogens (tertiary/aromatic N) is 4. The van der Waals surface area contributed by atoms with E-state index in [2.05, 4.69) is 19.6 Å². The molecule has 5 atom stereocenters. The number of rotatable bonds is 5. The van der Waals surface area contributed by atoms with Crippen molar-refractivity contribution in [3.63, 3.8) is 0 Å². The molecule has 0 aromatic carbocycles. The summed E-state index contributed by atoms with van der Waals surface area (Å²) in [5.41, 5.74) is 4.52. The molecule has 0 bridgehead atoms. The molecule has 1 aliphatic heterocycles. The molecule has 1 saturated heterocycles. The van der Waals surface area contributed by atoms with Gasteiger partial charge in [0.25, 0.3) is 0 Å². The van der Waals surface area contributed by atoms with Gasteiger partial charge in [0, 0.05) is 0 Å². The second-order valence-corrected chi connectivity index (χ2v) is 6.41. The maximum absolute atomic E-state index is 10.6. The standard InChI is InChI=1S/C11H16N5O7P/c1-11(19)6(18)9(22-23-24(20)4-17)21-10(11)16-3-15-5-7(12)13-2-14-8(5)16/h2-3,6,9-10,17-20H,4H2,1H3,(H2,12,13,14)/t6?,9-,10-,11-,24?/m1/s1. The van der Waals surface area contributed by atoms with E-state index in [0.29, 0.717) is 11.2 Å². The zero-order valence-electron chi connectivity index (χ0n) is 12.4. The lowest BCUT2D eigenvalue weighted by molar-refractivity contribution is -0.332. The largest absolute Gasteiger partial charge is 0.387 e. The Morgan fingerprint density at radius 2 is 2.21 bits per heavy atom. The van der Waals surface area contributed by atoms with Crippen LogP contribution in [0.5, 0.6) is 0 Å². The number of nitrogens with two attached hydrogens (primary N) is 1. The highest BCUT2D eigenvalue weighted by Gasteiger charge is 2.55. The number of aliphatic hydroxyl groups is 3. The third kappa shape index (κ3) is 2.83. The predicted molar refractivity (Wildman–Crippen MR) is 78.7 cm³/mol. The van der Waals surface area contributed by atoms with Crippen molar-refractivity contribution in [2.45, 2.75) is 31.1 Å². The first-order valence-corrected chi connectivity index (χ1v) is 8.15. The van der Waals surface area contributed by atoms with Crippen LogP contribution in [0.4, 0.5) is 5.82 Å². The fourth-order valence-corrected chi connectivity index (χ4v) is 2.57. The lowest BCUT2D eigenvalue weighted by Gasteiger charge is -2.26. The van der Waals surface area contributed by atoms with Crippen LogP contribution in [-0.4, -0.2) is 64.1 Å². The van der Waals surface area contributed by atoms with Gasteiger partial charge < -0.3 is 30.7 Å². The molecule has 0 spiro atoms. The van der Waals surface area contributed by atoms with E-state index in [0.717, 1.165) is 0 Å². The summed E-state index contributed by atoms with van der Waals surface area (Å²) < 4.78 is 11.4. The van der Waals surface area contributed by atoms with Crippen molar-refractivity contribution >= 4 is 25.4 Å². The van der Waals surface area contributed by atoms with Crippen LogP contribution in [0, 0.1) is 0 Å². The SMILES string of the molecule is C[C@@]1(O)C(O)[C@@H](OOP(O)CO)O[C@H]1n1cnc2c(N)ncnc21. The normalized spacial score (nSPS) is 31.6. The highest BCUT2D eigenvalue weighted by molar-refractivity contribution is 7.45. The number of hydrogen-bond donors (Lipinski definition) is 5. The van der Waals surface area contributed by atoms with Gasteiger partial charge in [0.1, 0.15) is 29.9 Å². The minimum Gasteiger partial charge on any atom is -0.387 e. The fraction of sp³-hybridized carbons (Fsp3) is 0.545. The van der Waals surface area contributed by atoms with Gasteiger partial charge in [-0.15, -0.1) is 0 Å². The smallest absolute Gasteiger partial charge is 0.232 e. The maximum Gasteiger partial charge on any atom is 0.232 e. The third-order valence-electron chi connectivity index (χ3n) is 3.60. The number of aliphatic hydroxyl groups excluding tert-OH is 2. The Morgan fingerprint density at radius 3 is 2.92 bits per heavy atom. The van der Waals surface area contributed by atoms with Gasteiger partial charge in [-0.1, -0.05) is 0 Å². The lowest BCUT2D eigenvalue weighted by Crippen LogP contribution is -2.44. The predicted octanol–water partition coefficient (Wildman–Crippen LogP) is -1.42. The Balaban J connectivity index is 1.88. The molecule has 0 saturated carbocycles. The summed E-state index contributed by atoms with van der Waals surface area (Å²) in [6.07, 6.45) is -2.14. The Hall–Kier alpha value is -1.50. The molecule has 132 valence electrons. The van der Waals surface area contributed by atoms with Crippen molar-refractivity contribution in [1.82, 2.24) is 19.5 Å². The number of aromatic nitrogens is 4. The van der Waals surface area contributed by atoms with Crippen LogP contribution in [0.1, 0.15) is 13.2 Å². The highest BCUT2D eigenvalue weighted by Crippen LogP contribution is 2.41. The van der Waals surface area contributed by atoms with E-state index in [1.54, 1.807) is 0 Å². The monoisotopic (exact) mass is 361 g/mol. The van der Waals surface area contributed by atoms with Crippen LogP contribution >= 0.6 is 8.38 Å². The van der Waals surface area contributed by atoms with Gasteiger partial charge in [-0.3, -0.25) is 4.57 Å². The summed E-state index contributed by atoms with van der Waals surface area (Å²) >= 11 is 0. The van der Waals surface area contributed by atoms with E-state index in [-0.39, 0.29) is 5.82 Å². The Labute approximate surface area is 136 Å². The molecule has 12 nitrogen and oxygen atoms in total. The fourth-order valence-electron chi connectivity index (χ4n) is 2.34. The average Bonchev–Trinajstić information content (AvgIpc) is 3.07. The first-order valence-electron chi connectivity index (χ1n) is 6.76. The number of imidazole rings is 1. The molecule has 1 aliphatic rings. The quantitative estimate of drug-likeness (QED) is 0.240. The summed E-state index contributed by atoms with van der Waals surface area (Å²) in [6.45, 7) is 1.33. The van der Waals surface area contributed by atoms with Gasteiger partial charge in [-0.25, -0.2) is 15.0 Å². The van der Waals surface area contributed by atoms with Gasteiger partial charge in [0.2, 0.25) is 14.7 Å². The number of hydrogen-bond acceptors (Lipinski definition) is 11. The lowest BCUT2D eigenvalue weighted by atomic mass is 9.99. The highest BCUT2D eigenvalue weighted by atomic mass is 31.2. The minimum atomic E-state index is -2.23. The zero-order chi connectivity index (χ0) is 17.5. The molecule has 0 amide bonds. The van der Waals surface area contributed by atoms with Crippen LogP contribution in [0.25, 0.3) is 11.2 Å². The van der Waals surface area contributed by atoms with Crippen LogP contribution in [0.15, 0.2) is 12.7 Å². The molecule has 6 N–H and O–H groups in total. The van der Waals surface area contributed by atoms with E-state index in [1.165, 1.54) is 24.1 Å². The van der Waals surface area contributed by atoms with E-state index in [1.807, 2.05) is 0 Å². The number of ether oxygens (including phenoxy) is 1. The van der Waals surface area contributed by atoms with Crippen molar-refractivity contribution in [2.75, 3.05) is 12.1 Å². The molecule has 3 rings (SSSR count). The molecule has 3 heterocycles. The summed E-state index contributed by atoms with van der Waals surface area (Å²) in [4.78, 5) is 25.9. The van der Waals surface area contributed by atoms with Crippen molar-refractivity contribution in [2.24, 2.45) is 0 Å². The van der Waals surface area contributed by atoms with Gasteiger partial charge in [0.15, 0.2) is 17.7 Å². The summed E-state index contributed by atoms with van der Waals surface area (Å²) in [6, 6.07) is 0. The second-order valence-electron chi connectivity index (χ2n) is 5.27. The number of anilines is 1. The van der Waals surface area contributed by atoms with Gasteiger partial charge >= 0.3 is 0 Å². The van der Waals surface area contributed by atoms with Crippen molar-refractivity contribution in [3.8, 4) is 0 Å². The van der Waals surface area contributed by atoms with Crippen LogP contribution in [0.2, 0.25) is 0 Å². The minimum absolute atomic E-state index is 0.155. The van der Waals surface area contributed by atoms with Crippen LogP contribution < -0.4 is 5.73 Å². The molecule has 2 unspecified atom stereocenters. The van der Waals surface area contributed by atoms with Crippen LogP contribution in [-0.2, 0) is 14.3 Å². The van der Waals surface area contributed by atoms with Crippen LogP contribution in [0.3, 0.4) is 0 Å². The van der Waals surface area contributed by atoms with Gasteiger partial charge in [-0.05, 0) is 6.92 Å². The Morgan fingerprint density at radius 1 is 1.46 bits per heavy atom. The van der Waals surface area contributed by atoms with Crippen molar-refractivity contribution in [3.05, 3.63) is 12.7 Å². The molecular formula is C11H16N5O7P. The molecule has 0 radical (unpaired) electrons. The molecule has 24 heavy (non-hydrogen) atoms. The third-order valence-corrected chi connectivity index (χ3v) is 4.10. The first-order chi connectivity index (χ1) is 11.4. The second kappa shape index (κ2) is 6.43.